The molecule has 3 rings (SSSR count). The van der Waals surface area contributed by atoms with Crippen LogP contribution in [0.4, 0.5) is 20.2 Å². The Balaban J connectivity index is 1.63. The Morgan fingerprint density at radius 2 is 1.48 bits per heavy atom. The molecule has 1 fully saturated rings. The minimum Gasteiger partial charge on any atom is -0.326 e. The molecule has 0 aromatic heterocycles. The Bertz CT molecular complexity index is 831. The lowest BCUT2D eigenvalue weighted by atomic mass is 10.1. The van der Waals surface area contributed by atoms with Crippen molar-refractivity contribution in [3.05, 3.63) is 59.2 Å². The third-order valence-corrected chi connectivity index (χ3v) is 4.54. The highest BCUT2D eigenvalue weighted by molar-refractivity contribution is 6.03. The first kappa shape index (κ1) is 17.1. The molecule has 1 saturated carbocycles. The van der Waals surface area contributed by atoms with Gasteiger partial charge in [-0.25, -0.2) is 8.78 Å². The molecule has 2 amide bonds. The Morgan fingerprint density at radius 3 is 2.12 bits per heavy atom. The van der Waals surface area contributed by atoms with E-state index < -0.39 is 35.1 Å². The Morgan fingerprint density at radius 1 is 0.920 bits per heavy atom. The molecule has 2 N–H and O–H groups in total. The van der Waals surface area contributed by atoms with Gasteiger partial charge in [-0.15, -0.1) is 0 Å². The number of rotatable bonds is 4. The number of hydrogen-bond acceptors (Lipinski definition) is 2. The summed E-state index contributed by atoms with van der Waals surface area (Å²) < 4.78 is 27.2. The highest BCUT2D eigenvalue weighted by Crippen LogP contribution is 2.40. The summed E-state index contributed by atoms with van der Waals surface area (Å²) in [7, 11) is 0. The SMILES string of the molecule is Cc1cccc(NC(=O)C2CC2C(=O)Nc2c(F)cccc2F)c1C. The Kier molecular flexibility index (Phi) is 4.53. The van der Waals surface area contributed by atoms with E-state index in [9.17, 15) is 18.4 Å². The maximum absolute atomic E-state index is 13.6. The van der Waals surface area contributed by atoms with Crippen molar-refractivity contribution in [2.24, 2.45) is 11.8 Å². The number of carbonyl (C=O) groups excluding carboxylic acids is 2. The zero-order chi connectivity index (χ0) is 18.1. The van der Waals surface area contributed by atoms with Gasteiger partial charge in [-0.3, -0.25) is 9.59 Å². The standard InChI is InChI=1S/C19H18F2N2O2/c1-10-5-3-8-16(11(10)2)22-18(24)12-9-13(12)19(25)23-17-14(20)6-4-7-15(17)21/h3-8,12-13H,9H2,1-2H3,(H,22,24)(H,23,25). The molecule has 0 spiro atoms. The molecule has 130 valence electrons. The van der Waals surface area contributed by atoms with Gasteiger partial charge in [0.05, 0.1) is 11.8 Å². The van der Waals surface area contributed by atoms with Gasteiger partial charge in [0.25, 0.3) is 0 Å². The van der Waals surface area contributed by atoms with E-state index in [2.05, 4.69) is 10.6 Å². The fourth-order valence-corrected chi connectivity index (χ4v) is 2.72. The van der Waals surface area contributed by atoms with Crippen LogP contribution in [0.5, 0.6) is 0 Å². The fourth-order valence-electron chi connectivity index (χ4n) is 2.72. The van der Waals surface area contributed by atoms with Crippen LogP contribution in [0.2, 0.25) is 0 Å². The molecule has 25 heavy (non-hydrogen) atoms. The van der Waals surface area contributed by atoms with Gasteiger partial charge in [-0.2, -0.15) is 0 Å². The van der Waals surface area contributed by atoms with Crippen molar-refractivity contribution in [3.8, 4) is 0 Å². The second-order valence-corrected chi connectivity index (χ2v) is 6.27. The average molecular weight is 344 g/mol. The first-order valence-electron chi connectivity index (χ1n) is 8.00. The van der Waals surface area contributed by atoms with E-state index in [0.29, 0.717) is 12.1 Å². The summed E-state index contributed by atoms with van der Waals surface area (Å²) in [5.74, 6) is -3.57. The molecule has 0 saturated heterocycles. The van der Waals surface area contributed by atoms with E-state index in [1.54, 1.807) is 6.07 Å². The van der Waals surface area contributed by atoms with Crippen LogP contribution in [0.25, 0.3) is 0 Å². The van der Waals surface area contributed by atoms with Crippen molar-refractivity contribution in [1.82, 2.24) is 0 Å². The molecular formula is C19H18F2N2O2. The number of aryl methyl sites for hydroxylation is 1. The van der Waals surface area contributed by atoms with Crippen LogP contribution in [0.15, 0.2) is 36.4 Å². The van der Waals surface area contributed by atoms with Gasteiger partial charge >= 0.3 is 0 Å². The highest BCUT2D eigenvalue weighted by atomic mass is 19.1. The van der Waals surface area contributed by atoms with Crippen molar-refractivity contribution < 1.29 is 18.4 Å². The van der Waals surface area contributed by atoms with Crippen molar-refractivity contribution in [1.29, 1.82) is 0 Å². The Hall–Kier alpha value is -2.76. The summed E-state index contributed by atoms with van der Waals surface area (Å²) >= 11 is 0. The number of carbonyl (C=O) groups is 2. The molecule has 0 heterocycles. The van der Waals surface area contributed by atoms with E-state index in [1.165, 1.54) is 6.07 Å². The predicted octanol–water partition coefficient (Wildman–Crippen LogP) is 3.79. The van der Waals surface area contributed by atoms with Gasteiger partial charge in [0, 0.05) is 5.69 Å². The van der Waals surface area contributed by atoms with E-state index >= 15 is 0 Å². The van der Waals surface area contributed by atoms with Crippen LogP contribution in [0, 0.1) is 37.3 Å². The zero-order valence-corrected chi connectivity index (χ0v) is 13.9. The van der Waals surface area contributed by atoms with E-state index in [1.807, 2.05) is 26.0 Å². The van der Waals surface area contributed by atoms with Crippen molar-refractivity contribution >= 4 is 23.2 Å². The number of benzene rings is 2. The molecule has 0 aliphatic heterocycles. The lowest BCUT2D eigenvalue weighted by molar-refractivity contribution is -0.122. The molecule has 0 radical (unpaired) electrons. The lowest BCUT2D eigenvalue weighted by Crippen LogP contribution is -2.21. The van der Waals surface area contributed by atoms with Crippen LogP contribution >= 0.6 is 0 Å². The third-order valence-electron chi connectivity index (χ3n) is 4.54. The van der Waals surface area contributed by atoms with Crippen molar-refractivity contribution in [2.45, 2.75) is 20.3 Å². The number of hydrogen-bond donors (Lipinski definition) is 2. The first-order chi connectivity index (χ1) is 11.9. The molecule has 2 aromatic rings. The number of amides is 2. The molecule has 0 bridgehead atoms. The Labute approximate surface area is 144 Å². The topological polar surface area (TPSA) is 58.2 Å². The molecular weight excluding hydrogens is 326 g/mol. The fraction of sp³-hybridized carbons (Fsp3) is 0.263. The van der Waals surface area contributed by atoms with Gasteiger partial charge in [-0.1, -0.05) is 18.2 Å². The minimum atomic E-state index is -0.842. The molecule has 2 unspecified atom stereocenters. The van der Waals surface area contributed by atoms with Crippen LogP contribution in [0.1, 0.15) is 17.5 Å². The number of nitrogens with one attached hydrogen (secondary N) is 2. The number of para-hydroxylation sites is 1. The lowest BCUT2D eigenvalue weighted by Gasteiger charge is -2.10. The smallest absolute Gasteiger partial charge is 0.228 e. The zero-order valence-electron chi connectivity index (χ0n) is 13.9. The summed E-state index contributed by atoms with van der Waals surface area (Å²) in [5.41, 5.74) is 2.24. The van der Waals surface area contributed by atoms with Gasteiger partial charge in [0.2, 0.25) is 11.8 Å². The third kappa shape index (κ3) is 3.52. The van der Waals surface area contributed by atoms with Crippen molar-refractivity contribution in [2.75, 3.05) is 10.6 Å². The predicted molar refractivity (Wildman–Crippen MR) is 91.1 cm³/mol. The summed E-state index contributed by atoms with van der Waals surface area (Å²) in [6, 6.07) is 8.94. The number of anilines is 2. The molecule has 4 nitrogen and oxygen atoms in total. The molecule has 6 heteroatoms. The number of halogens is 2. The largest absolute Gasteiger partial charge is 0.326 e. The summed E-state index contributed by atoms with van der Waals surface area (Å²) in [6.45, 7) is 3.85. The van der Waals surface area contributed by atoms with E-state index in [0.717, 1.165) is 23.3 Å². The van der Waals surface area contributed by atoms with Gasteiger partial charge < -0.3 is 10.6 Å². The van der Waals surface area contributed by atoms with Crippen LogP contribution in [-0.4, -0.2) is 11.8 Å². The van der Waals surface area contributed by atoms with E-state index in [4.69, 9.17) is 0 Å². The molecule has 2 aromatic carbocycles. The molecule has 1 aliphatic carbocycles. The summed E-state index contributed by atoms with van der Waals surface area (Å²) in [6.07, 6.45) is 0.360. The first-order valence-corrected chi connectivity index (χ1v) is 8.00. The quantitative estimate of drug-likeness (QED) is 0.886. The van der Waals surface area contributed by atoms with Crippen LogP contribution in [0.3, 0.4) is 0 Å². The summed E-state index contributed by atoms with van der Waals surface area (Å²) in [5, 5.41) is 5.06. The average Bonchev–Trinajstić information content (AvgIpc) is 3.36. The molecule has 2 atom stereocenters. The minimum absolute atomic E-state index is 0.261. The normalized spacial score (nSPS) is 18.6. The van der Waals surface area contributed by atoms with Gasteiger partial charge in [0.15, 0.2) is 0 Å². The second-order valence-electron chi connectivity index (χ2n) is 6.27. The van der Waals surface area contributed by atoms with E-state index in [-0.39, 0.29) is 5.91 Å². The highest BCUT2D eigenvalue weighted by Gasteiger charge is 2.48. The molecule has 1 aliphatic rings. The van der Waals surface area contributed by atoms with Crippen LogP contribution in [-0.2, 0) is 9.59 Å². The van der Waals surface area contributed by atoms with Crippen molar-refractivity contribution in [3.63, 3.8) is 0 Å². The van der Waals surface area contributed by atoms with Gasteiger partial charge in [0.1, 0.15) is 17.3 Å². The van der Waals surface area contributed by atoms with Gasteiger partial charge in [-0.05, 0) is 49.6 Å². The second kappa shape index (κ2) is 6.63. The maximum atomic E-state index is 13.6. The monoisotopic (exact) mass is 344 g/mol. The maximum Gasteiger partial charge on any atom is 0.228 e. The van der Waals surface area contributed by atoms with Crippen LogP contribution < -0.4 is 10.6 Å². The summed E-state index contributed by atoms with van der Waals surface area (Å²) in [4.78, 5) is 24.4.